The molecule has 3 aliphatic rings. The Kier molecular flexibility index (Phi) is 6.47. The summed E-state index contributed by atoms with van der Waals surface area (Å²) in [6.45, 7) is 6.88. The predicted octanol–water partition coefficient (Wildman–Crippen LogP) is 4.01. The lowest BCUT2D eigenvalue weighted by molar-refractivity contribution is -0.187. The van der Waals surface area contributed by atoms with Crippen molar-refractivity contribution in [2.24, 2.45) is 40.2 Å². The molecule has 0 heterocycles. The van der Waals surface area contributed by atoms with E-state index in [4.69, 9.17) is 10.5 Å². The molecule has 1 aromatic carbocycles. The highest BCUT2D eigenvalue weighted by Crippen LogP contribution is 2.68. The fourth-order valence-corrected chi connectivity index (χ4v) is 8.26. The number of carbonyl (C=O) groups excluding carboxylic acids is 1. The maximum atomic E-state index is 12.3. The molecular weight excluding hydrogens is 402 g/mol. The summed E-state index contributed by atoms with van der Waals surface area (Å²) in [6, 6.07) is 10.3. The quantitative estimate of drug-likeness (QED) is 0.598. The molecule has 5 heteroatoms. The molecule has 0 radical (unpaired) electrons. The van der Waals surface area contributed by atoms with Crippen LogP contribution >= 0.6 is 0 Å². The van der Waals surface area contributed by atoms with E-state index in [9.17, 15) is 15.0 Å². The average Bonchev–Trinajstić information content (AvgIpc) is 3.08. The van der Waals surface area contributed by atoms with E-state index in [1.54, 1.807) is 0 Å². The summed E-state index contributed by atoms with van der Waals surface area (Å²) in [5.74, 6) is 0.941. The van der Waals surface area contributed by atoms with Crippen LogP contribution in [0.2, 0.25) is 0 Å². The molecule has 3 fully saturated rings. The fourth-order valence-electron chi connectivity index (χ4n) is 8.26. The molecule has 0 spiro atoms. The third-order valence-corrected chi connectivity index (χ3v) is 9.96. The van der Waals surface area contributed by atoms with Gasteiger partial charge in [0, 0.05) is 18.9 Å². The molecule has 1 aromatic rings. The second-order valence-electron chi connectivity index (χ2n) is 11.2. The number of fused-ring (bicyclic) bond motifs is 1. The molecule has 0 unspecified atom stereocenters. The number of esters is 1. The molecule has 0 aromatic heterocycles. The van der Waals surface area contributed by atoms with E-state index < -0.39 is 5.60 Å². The van der Waals surface area contributed by atoms with E-state index in [-0.39, 0.29) is 35.4 Å². The van der Waals surface area contributed by atoms with E-state index in [2.05, 4.69) is 26.0 Å². The first kappa shape index (κ1) is 23.7. The van der Waals surface area contributed by atoms with Crippen LogP contribution in [0.25, 0.3) is 0 Å². The van der Waals surface area contributed by atoms with Crippen molar-refractivity contribution >= 4 is 5.97 Å². The van der Waals surface area contributed by atoms with Crippen LogP contribution in [0.1, 0.15) is 71.3 Å². The van der Waals surface area contributed by atoms with Gasteiger partial charge >= 0.3 is 5.97 Å². The van der Waals surface area contributed by atoms with Crippen LogP contribution in [0.15, 0.2) is 30.3 Å². The van der Waals surface area contributed by atoms with Gasteiger partial charge in [0.25, 0.3) is 0 Å². The molecule has 3 saturated carbocycles. The highest BCUT2D eigenvalue weighted by molar-refractivity contribution is 5.67. The second kappa shape index (κ2) is 8.73. The van der Waals surface area contributed by atoms with E-state index >= 15 is 0 Å². The van der Waals surface area contributed by atoms with Gasteiger partial charge in [0.2, 0.25) is 0 Å². The molecule has 32 heavy (non-hydrogen) atoms. The molecule has 0 bridgehead atoms. The summed E-state index contributed by atoms with van der Waals surface area (Å²) < 4.78 is 6.26. The predicted molar refractivity (Wildman–Crippen MR) is 125 cm³/mol. The normalized spacial score (nSPS) is 44.1. The van der Waals surface area contributed by atoms with Gasteiger partial charge in [-0.15, -0.1) is 0 Å². The first-order valence-electron chi connectivity index (χ1n) is 12.5. The number of ether oxygens (including phenoxy) is 1. The molecule has 0 amide bonds. The van der Waals surface area contributed by atoms with Crippen molar-refractivity contribution in [1.29, 1.82) is 0 Å². The summed E-state index contributed by atoms with van der Waals surface area (Å²) in [5, 5.41) is 20.5. The van der Waals surface area contributed by atoms with Gasteiger partial charge in [-0.05, 0) is 86.1 Å². The lowest BCUT2D eigenvalue weighted by Gasteiger charge is -2.58. The molecular formula is C27H41NO4. The molecule has 4 rings (SSSR count). The average molecular weight is 444 g/mol. The zero-order valence-electron chi connectivity index (χ0n) is 19.9. The van der Waals surface area contributed by atoms with E-state index in [1.165, 1.54) is 6.92 Å². The standard InChI is InChI=1S/C27H41NO4/c1-18(30)32-27(19-7-5-4-6-8-19)14-11-24-22(16-28)23(10-13-26(24,27)3)25(2)12-9-21(31)15-20(25)17-29/h4-8,20-24,29,31H,9-17,28H2,1-3H3/t20-,21+,22-,23+,24+,25-,26+,27-/m1/s1. The Morgan fingerprint density at radius 2 is 1.78 bits per heavy atom. The highest BCUT2D eigenvalue weighted by atomic mass is 16.6. The Morgan fingerprint density at radius 1 is 1.09 bits per heavy atom. The number of nitrogens with two attached hydrogens (primary N) is 1. The Labute approximate surface area is 192 Å². The van der Waals surface area contributed by atoms with Crippen LogP contribution in [0.3, 0.4) is 0 Å². The number of rotatable bonds is 5. The van der Waals surface area contributed by atoms with Crippen LogP contribution in [0, 0.1) is 34.5 Å². The van der Waals surface area contributed by atoms with Crippen molar-refractivity contribution in [2.75, 3.05) is 13.2 Å². The van der Waals surface area contributed by atoms with Crippen molar-refractivity contribution in [2.45, 2.75) is 77.4 Å². The molecule has 5 nitrogen and oxygen atoms in total. The number of carbonyl (C=O) groups is 1. The number of hydrogen-bond donors (Lipinski definition) is 3. The molecule has 8 atom stereocenters. The minimum Gasteiger partial charge on any atom is -0.454 e. The summed E-state index contributed by atoms with van der Waals surface area (Å²) in [7, 11) is 0. The Hall–Kier alpha value is -1.43. The number of benzene rings is 1. The maximum absolute atomic E-state index is 12.3. The molecule has 4 N–H and O–H groups in total. The van der Waals surface area contributed by atoms with Crippen molar-refractivity contribution in [1.82, 2.24) is 0 Å². The van der Waals surface area contributed by atoms with Gasteiger partial charge in [-0.1, -0.05) is 44.2 Å². The van der Waals surface area contributed by atoms with Crippen molar-refractivity contribution in [3.05, 3.63) is 35.9 Å². The SMILES string of the molecule is CC(=O)O[C@@]1(c2ccccc2)CC[C@H]2[C@H](CN)[C@@H]([C@]3(C)CC[C@H](O)C[C@@H]3CO)CC[C@@]21C. The lowest BCUT2D eigenvalue weighted by atomic mass is 9.48. The summed E-state index contributed by atoms with van der Waals surface area (Å²) in [4.78, 5) is 12.3. The van der Waals surface area contributed by atoms with Gasteiger partial charge in [-0.25, -0.2) is 0 Å². The van der Waals surface area contributed by atoms with E-state index in [0.717, 1.165) is 44.1 Å². The summed E-state index contributed by atoms with van der Waals surface area (Å²) in [5.41, 5.74) is 6.76. The zero-order valence-corrected chi connectivity index (χ0v) is 19.9. The van der Waals surface area contributed by atoms with Gasteiger partial charge in [0.05, 0.1) is 6.10 Å². The van der Waals surface area contributed by atoms with Gasteiger partial charge in [-0.3, -0.25) is 4.79 Å². The molecule has 178 valence electrons. The van der Waals surface area contributed by atoms with Crippen LogP contribution in [-0.4, -0.2) is 35.4 Å². The number of aliphatic hydroxyl groups is 2. The van der Waals surface area contributed by atoms with Gasteiger partial charge < -0.3 is 20.7 Å². The monoisotopic (exact) mass is 443 g/mol. The second-order valence-corrected chi connectivity index (χ2v) is 11.2. The minimum absolute atomic E-state index is 0.0290. The summed E-state index contributed by atoms with van der Waals surface area (Å²) >= 11 is 0. The largest absolute Gasteiger partial charge is 0.454 e. The third kappa shape index (κ3) is 3.52. The summed E-state index contributed by atoms with van der Waals surface area (Å²) in [6.07, 6.45) is 5.86. The fraction of sp³-hybridized carbons (Fsp3) is 0.741. The number of aliphatic hydroxyl groups excluding tert-OH is 2. The lowest BCUT2D eigenvalue weighted by Crippen LogP contribution is -2.56. The molecule has 3 aliphatic carbocycles. The van der Waals surface area contributed by atoms with Gasteiger partial charge in [-0.2, -0.15) is 0 Å². The van der Waals surface area contributed by atoms with Crippen LogP contribution in [-0.2, 0) is 15.1 Å². The van der Waals surface area contributed by atoms with Gasteiger partial charge in [0.15, 0.2) is 0 Å². The number of hydrogen-bond acceptors (Lipinski definition) is 5. The van der Waals surface area contributed by atoms with Crippen LogP contribution in [0.4, 0.5) is 0 Å². The highest BCUT2D eigenvalue weighted by Gasteiger charge is 2.65. The Morgan fingerprint density at radius 3 is 2.41 bits per heavy atom. The Balaban J connectivity index is 1.72. The third-order valence-electron chi connectivity index (χ3n) is 9.96. The zero-order chi connectivity index (χ0) is 23.1. The topological polar surface area (TPSA) is 92.8 Å². The maximum Gasteiger partial charge on any atom is 0.303 e. The van der Waals surface area contributed by atoms with Crippen molar-refractivity contribution < 1.29 is 19.7 Å². The van der Waals surface area contributed by atoms with E-state index in [0.29, 0.717) is 30.7 Å². The molecule has 0 aliphatic heterocycles. The van der Waals surface area contributed by atoms with Crippen molar-refractivity contribution in [3.63, 3.8) is 0 Å². The van der Waals surface area contributed by atoms with Crippen LogP contribution in [0.5, 0.6) is 0 Å². The van der Waals surface area contributed by atoms with E-state index in [1.807, 2.05) is 18.2 Å². The minimum atomic E-state index is -0.622. The van der Waals surface area contributed by atoms with Crippen LogP contribution < -0.4 is 5.73 Å². The van der Waals surface area contributed by atoms with Crippen molar-refractivity contribution in [3.8, 4) is 0 Å². The smallest absolute Gasteiger partial charge is 0.303 e. The molecule has 0 saturated heterocycles. The van der Waals surface area contributed by atoms with Gasteiger partial charge in [0.1, 0.15) is 5.60 Å². The first-order valence-corrected chi connectivity index (χ1v) is 12.5. The first-order chi connectivity index (χ1) is 15.2. The Bertz CT molecular complexity index is 815.